The van der Waals surface area contributed by atoms with Crippen molar-refractivity contribution in [3.63, 3.8) is 0 Å². The van der Waals surface area contributed by atoms with Gasteiger partial charge in [0.2, 0.25) is 0 Å². The van der Waals surface area contributed by atoms with Gasteiger partial charge >= 0.3 is 0 Å². The van der Waals surface area contributed by atoms with Gasteiger partial charge in [-0.3, -0.25) is 0 Å². The molecule has 0 amide bonds. The van der Waals surface area contributed by atoms with Crippen molar-refractivity contribution < 1.29 is 0 Å². The molecule has 0 aliphatic heterocycles. The lowest BCUT2D eigenvalue weighted by molar-refractivity contribution is 1.33. The highest BCUT2D eigenvalue weighted by Gasteiger charge is 2.06. The third-order valence-corrected chi connectivity index (χ3v) is 4.19. The molecule has 0 spiro atoms. The number of nitrogens with two attached hydrogens (primary N) is 1. The molecule has 2 aromatic carbocycles. The molecule has 3 aromatic rings. The zero-order valence-corrected chi connectivity index (χ0v) is 14.2. The number of nitrogen functional groups attached to an aromatic ring is 1. The minimum Gasteiger partial charge on any atom is -0.399 e. The van der Waals surface area contributed by atoms with E-state index in [1.165, 1.54) is 0 Å². The summed E-state index contributed by atoms with van der Waals surface area (Å²) in [5, 5.41) is 8.93. The van der Waals surface area contributed by atoms with Gasteiger partial charge in [-0.25, -0.2) is 4.98 Å². The lowest BCUT2D eigenvalue weighted by Crippen LogP contribution is -2.28. The molecule has 116 valence electrons. The normalized spacial score (nSPS) is 11.8. The van der Waals surface area contributed by atoms with Crippen LogP contribution in [-0.2, 0) is 0 Å². The summed E-state index contributed by atoms with van der Waals surface area (Å²) >= 11 is 7.67. The van der Waals surface area contributed by atoms with Crippen LogP contribution in [0.3, 0.4) is 0 Å². The van der Waals surface area contributed by atoms with E-state index in [0.717, 1.165) is 32.8 Å². The molecule has 1 aromatic heterocycles. The van der Waals surface area contributed by atoms with E-state index >= 15 is 0 Å². The number of thioether (sulfide) groups is 1. The van der Waals surface area contributed by atoms with Crippen LogP contribution in [-0.4, -0.2) is 11.2 Å². The van der Waals surface area contributed by atoms with Gasteiger partial charge in [-0.2, -0.15) is 0 Å². The first-order valence-corrected chi connectivity index (χ1v) is 8.69. The first-order chi connectivity index (χ1) is 11.1. The summed E-state index contributed by atoms with van der Waals surface area (Å²) < 4.78 is 0. The van der Waals surface area contributed by atoms with Crippen molar-refractivity contribution >= 4 is 63.4 Å². The van der Waals surface area contributed by atoms with Crippen molar-refractivity contribution in [1.29, 1.82) is 0 Å². The Balaban J connectivity index is 2.24. The highest BCUT2D eigenvalue weighted by Crippen LogP contribution is 2.19. The maximum Gasteiger partial charge on any atom is 0.139 e. The molecular weight excluding hydrogens is 326 g/mol. The highest BCUT2D eigenvalue weighted by molar-refractivity contribution is 8.05. The van der Waals surface area contributed by atoms with Crippen LogP contribution in [0.15, 0.2) is 42.5 Å². The Morgan fingerprint density at radius 3 is 2.83 bits per heavy atom. The number of hydrogen-bond donors (Lipinski definition) is 2. The maximum absolute atomic E-state index is 6.06. The maximum atomic E-state index is 6.06. The largest absolute Gasteiger partial charge is 0.399 e. The lowest BCUT2D eigenvalue weighted by atomic mass is 10.1. The average molecular weight is 342 g/mol. The minimum absolute atomic E-state index is 0.672. The lowest BCUT2D eigenvalue weighted by Gasteiger charge is -2.10. The van der Waals surface area contributed by atoms with Gasteiger partial charge in [0.25, 0.3) is 0 Å². The molecule has 3 N–H and O–H groups in total. The molecule has 0 aliphatic rings. The highest BCUT2D eigenvalue weighted by atomic mass is 35.5. The smallest absolute Gasteiger partial charge is 0.139 e. The molecular formula is C18H16ClN3S. The average Bonchev–Trinajstić information content (AvgIpc) is 2.51. The van der Waals surface area contributed by atoms with Gasteiger partial charge in [0.1, 0.15) is 5.82 Å². The van der Waals surface area contributed by atoms with E-state index in [-0.39, 0.29) is 0 Å². The van der Waals surface area contributed by atoms with Crippen LogP contribution in [0.4, 0.5) is 17.2 Å². The summed E-state index contributed by atoms with van der Waals surface area (Å²) in [6.45, 7) is 4.23. The standard InChI is InChI=1S/C18H16ClN3S/c1-11-15-7-6-13(20)9-17(15)22-18(16(11)10-23-2)21-14-5-3-4-12(19)8-14/h3-10H,1,20H2,2H3,(H,21,22)/b16-10+. The Hall–Kier alpha value is -2.17. The minimum atomic E-state index is 0.672. The zero-order chi connectivity index (χ0) is 16.4. The summed E-state index contributed by atoms with van der Waals surface area (Å²) in [6, 6.07) is 13.2. The second kappa shape index (κ2) is 6.52. The van der Waals surface area contributed by atoms with E-state index in [1.807, 2.05) is 54.1 Å². The predicted octanol–water partition coefficient (Wildman–Crippen LogP) is 3.73. The number of rotatable bonds is 3. The molecule has 0 atom stereocenters. The molecule has 0 aliphatic carbocycles. The van der Waals surface area contributed by atoms with Crippen molar-refractivity contribution in [2.75, 3.05) is 17.3 Å². The van der Waals surface area contributed by atoms with Gasteiger partial charge in [0.05, 0.1) is 5.52 Å². The van der Waals surface area contributed by atoms with Crippen molar-refractivity contribution in [1.82, 2.24) is 4.98 Å². The van der Waals surface area contributed by atoms with E-state index in [9.17, 15) is 0 Å². The molecule has 0 fully saturated rings. The van der Waals surface area contributed by atoms with Crippen molar-refractivity contribution in [3.05, 3.63) is 57.9 Å². The fourth-order valence-electron chi connectivity index (χ4n) is 2.41. The fourth-order valence-corrected chi connectivity index (χ4v) is 3.09. The van der Waals surface area contributed by atoms with Gasteiger partial charge < -0.3 is 11.1 Å². The number of nitrogens with one attached hydrogen (secondary N) is 1. The van der Waals surface area contributed by atoms with E-state index in [0.29, 0.717) is 10.7 Å². The van der Waals surface area contributed by atoms with Crippen LogP contribution in [0.2, 0.25) is 5.02 Å². The van der Waals surface area contributed by atoms with E-state index in [2.05, 4.69) is 11.9 Å². The van der Waals surface area contributed by atoms with Gasteiger partial charge in [-0.05, 0) is 47.2 Å². The Morgan fingerprint density at radius 2 is 2.09 bits per heavy atom. The van der Waals surface area contributed by atoms with Gasteiger partial charge in [-0.1, -0.05) is 30.3 Å². The van der Waals surface area contributed by atoms with Gasteiger partial charge in [0.15, 0.2) is 0 Å². The van der Waals surface area contributed by atoms with Crippen LogP contribution in [0.1, 0.15) is 0 Å². The SMILES string of the molecule is C=c1/c(=C\SC)c(Nc2cccc(Cl)c2)nc2cc(N)ccc12. The predicted molar refractivity (Wildman–Crippen MR) is 104 cm³/mol. The molecule has 3 nitrogen and oxygen atoms in total. The molecule has 0 saturated heterocycles. The summed E-state index contributed by atoms with van der Waals surface area (Å²) in [5.74, 6) is 0.740. The number of hydrogen-bond acceptors (Lipinski definition) is 4. The molecule has 1 heterocycles. The van der Waals surface area contributed by atoms with Crippen LogP contribution >= 0.6 is 23.4 Å². The Labute approximate surface area is 143 Å². The number of pyridine rings is 1. The van der Waals surface area contributed by atoms with E-state index in [1.54, 1.807) is 11.8 Å². The van der Waals surface area contributed by atoms with Gasteiger partial charge in [0, 0.05) is 27.0 Å². The summed E-state index contributed by atoms with van der Waals surface area (Å²) in [4.78, 5) is 4.72. The van der Waals surface area contributed by atoms with E-state index in [4.69, 9.17) is 22.3 Å². The molecule has 0 bridgehead atoms. The molecule has 0 radical (unpaired) electrons. The van der Waals surface area contributed by atoms with Crippen molar-refractivity contribution in [2.45, 2.75) is 0 Å². The third-order valence-electron chi connectivity index (χ3n) is 3.48. The van der Waals surface area contributed by atoms with Crippen LogP contribution < -0.4 is 21.5 Å². The van der Waals surface area contributed by atoms with Crippen LogP contribution in [0, 0.1) is 0 Å². The van der Waals surface area contributed by atoms with Crippen LogP contribution in [0.25, 0.3) is 22.9 Å². The summed E-state index contributed by atoms with van der Waals surface area (Å²) in [5.41, 5.74) is 8.26. The first kappa shape index (κ1) is 15.7. The molecule has 3 rings (SSSR count). The summed E-state index contributed by atoms with van der Waals surface area (Å²) in [6.07, 6.45) is 2.01. The first-order valence-electron chi connectivity index (χ1n) is 7.02. The number of nitrogens with zero attached hydrogens (tertiary/aromatic N) is 1. The number of aromatic nitrogens is 1. The zero-order valence-electron chi connectivity index (χ0n) is 12.6. The molecule has 5 heteroatoms. The quantitative estimate of drug-likeness (QED) is 0.713. The van der Waals surface area contributed by atoms with E-state index < -0.39 is 0 Å². The van der Waals surface area contributed by atoms with Crippen LogP contribution in [0.5, 0.6) is 0 Å². The second-order valence-corrected chi connectivity index (χ2v) is 6.26. The number of benzene rings is 2. The Bertz CT molecular complexity index is 985. The van der Waals surface area contributed by atoms with Crippen molar-refractivity contribution in [2.24, 2.45) is 0 Å². The topological polar surface area (TPSA) is 50.9 Å². The monoisotopic (exact) mass is 341 g/mol. The molecule has 0 unspecified atom stereocenters. The second-order valence-electron chi connectivity index (χ2n) is 5.12. The fraction of sp³-hybridized carbons (Fsp3) is 0.0556. The number of halogens is 1. The van der Waals surface area contributed by atoms with Gasteiger partial charge in [-0.15, -0.1) is 11.8 Å². The third kappa shape index (κ3) is 3.28. The molecule has 0 saturated carbocycles. The van der Waals surface area contributed by atoms with Crippen molar-refractivity contribution in [3.8, 4) is 0 Å². The molecule has 23 heavy (non-hydrogen) atoms. The number of anilines is 3. The Morgan fingerprint density at radius 1 is 1.26 bits per heavy atom. The summed E-state index contributed by atoms with van der Waals surface area (Å²) in [7, 11) is 0. The number of fused-ring (bicyclic) bond motifs is 1. The Kier molecular flexibility index (Phi) is 4.46.